The molecule has 7 nitrogen and oxygen atoms in total. The largest absolute Gasteiger partial charge is 0.460 e. The number of hydrogen-bond donors (Lipinski definition) is 2. The summed E-state index contributed by atoms with van der Waals surface area (Å²) >= 11 is 0. The van der Waals surface area contributed by atoms with Gasteiger partial charge in [-0.05, 0) is 19.8 Å². The van der Waals surface area contributed by atoms with Crippen molar-refractivity contribution in [2.75, 3.05) is 39.6 Å². The summed E-state index contributed by atoms with van der Waals surface area (Å²) in [7, 11) is 0. The second kappa shape index (κ2) is 19.2. The molecule has 0 saturated heterocycles. The van der Waals surface area contributed by atoms with Crippen LogP contribution in [0.2, 0.25) is 0 Å². The molecule has 0 atom stereocenters. The molecule has 0 aliphatic rings. The van der Waals surface area contributed by atoms with E-state index in [9.17, 15) is 9.59 Å². The summed E-state index contributed by atoms with van der Waals surface area (Å²) in [6, 6.07) is 0. The molecular formula is C20H37NO6. The quantitative estimate of drug-likeness (QED) is 0.213. The van der Waals surface area contributed by atoms with E-state index in [0.717, 1.165) is 32.1 Å². The van der Waals surface area contributed by atoms with Crippen LogP contribution in [0, 0.1) is 0 Å². The third-order valence-corrected chi connectivity index (χ3v) is 3.86. The minimum absolute atomic E-state index is 0.165. The van der Waals surface area contributed by atoms with Gasteiger partial charge < -0.3 is 24.6 Å². The van der Waals surface area contributed by atoms with Crippen molar-refractivity contribution in [2.24, 2.45) is 0 Å². The highest BCUT2D eigenvalue weighted by Crippen LogP contribution is 2.09. The first-order valence-electron chi connectivity index (χ1n) is 9.99. The topological polar surface area (TPSA) is 94.1 Å². The Balaban J connectivity index is 3.24. The molecule has 0 radical (unpaired) electrons. The first-order chi connectivity index (χ1) is 13.1. The molecule has 0 bridgehead atoms. The lowest BCUT2D eigenvalue weighted by Crippen LogP contribution is -2.28. The molecule has 0 aliphatic carbocycles. The Morgan fingerprint density at radius 1 is 0.815 bits per heavy atom. The van der Waals surface area contributed by atoms with E-state index < -0.39 is 12.1 Å². The molecule has 7 heteroatoms. The molecule has 0 aromatic rings. The lowest BCUT2D eigenvalue weighted by atomic mass is 10.1. The third kappa shape index (κ3) is 19.0. The fourth-order valence-electron chi connectivity index (χ4n) is 2.31. The van der Waals surface area contributed by atoms with E-state index in [1.54, 1.807) is 6.92 Å². The maximum absolute atomic E-state index is 11.5. The van der Waals surface area contributed by atoms with Crippen LogP contribution in [-0.2, 0) is 19.0 Å². The fraction of sp³-hybridized carbons (Fsp3) is 0.800. The van der Waals surface area contributed by atoms with Crippen molar-refractivity contribution < 1.29 is 28.9 Å². The van der Waals surface area contributed by atoms with Crippen LogP contribution in [0.25, 0.3) is 0 Å². The molecule has 0 aromatic heterocycles. The average molecular weight is 388 g/mol. The molecule has 158 valence electrons. The molecular weight excluding hydrogens is 350 g/mol. The Hall–Kier alpha value is -1.60. The molecule has 0 heterocycles. The first-order valence-corrected chi connectivity index (χ1v) is 9.99. The number of esters is 1. The predicted octanol–water partition coefficient (Wildman–Crippen LogP) is 3.35. The maximum Gasteiger partial charge on any atom is 0.407 e. The number of carbonyl (C=O) groups is 2. The zero-order valence-corrected chi connectivity index (χ0v) is 16.8. The SMILES string of the molecule is C=C(C)C(=O)OCCOCCNC(=O)OCCCCCCCCCCCO. The van der Waals surface area contributed by atoms with E-state index >= 15 is 0 Å². The highest BCUT2D eigenvalue weighted by atomic mass is 16.6. The van der Waals surface area contributed by atoms with Gasteiger partial charge in [0.25, 0.3) is 0 Å². The van der Waals surface area contributed by atoms with Gasteiger partial charge in [-0.3, -0.25) is 0 Å². The molecule has 27 heavy (non-hydrogen) atoms. The Morgan fingerprint density at radius 2 is 1.41 bits per heavy atom. The summed E-state index contributed by atoms with van der Waals surface area (Å²) < 4.78 is 15.2. The third-order valence-electron chi connectivity index (χ3n) is 3.86. The van der Waals surface area contributed by atoms with Gasteiger partial charge in [-0.25, -0.2) is 9.59 Å². The Bertz CT molecular complexity index is 400. The lowest BCUT2D eigenvalue weighted by molar-refractivity contribution is -0.140. The number of carbonyl (C=O) groups excluding carboxylic acids is 2. The number of unbranched alkanes of at least 4 members (excludes halogenated alkanes) is 8. The van der Waals surface area contributed by atoms with Gasteiger partial charge in [0.2, 0.25) is 0 Å². The first kappa shape index (κ1) is 25.4. The smallest absolute Gasteiger partial charge is 0.407 e. The van der Waals surface area contributed by atoms with Crippen LogP contribution in [0.15, 0.2) is 12.2 Å². The number of alkyl carbamates (subject to hydrolysis) is 1. The van der Waals surface area contributed by atoms with E-state index in [-0.39, 0.29) is 13.2 Å². The number of rotatable bonds is 18. The predicted molar refractivity (Wildman–Crippen MR) is 105 cm³/mol. The summed E-state index contributed by atoms with van der Waals surface area (Å²) in [5.41, 5.74) is 0.355. The second-order valence-electron chi connectivity index (χ2n) is 6.50. The number of amides is 1. The monoisotopic (exact) mass is 387 g/mol. The molecule has 0 aromatic carbocycles. The normalized spacial score (nSPS) is 10.4. The molecule has 0 saturated carbocycles. The van der Waals surface area contributed by atoms with Crippen LogP contribution in [0.1, 0.15) is 64.7 Å². The van der Waals surface area contributed by atoms with E-state index in [0.29, 0.717) is 31.9 Å². The zero-order chi connectivity index (χ0) is 20.2. The number of aliphatic hydroxyl groups is 1. The van der Waals surface area contributed by atoms with Crippen LogP contribution >= 0.6 is 0 Å². The van der Waals surface area contributed by atoms with Crippen molar-refractivity contribution in [1.82, 2.24) is 5.32 Å². The van der Waals surface area contributed by atoms with Gasteiger partial charge in [-0.15, -0.1) is 0 Å². The van der Waals surface area contributed by atoms with Gasteiger partial charge >= 0.3 is 12.1 Å². The number of aliphatic hydroxyl groups excluding tert-OH is 1. The van der Waals surface area contributed by atoms with Gasteiger partial charge in [0, 0.05) is 18.7 Å². The molecule has 0 fully saturated rings. The highest BCUT2D eigenvalue weighted by Gasteiger charge is 2.03. The van der Waals surface area contributed by atoms with Crippen molar-refractivity contribution in [3.8, 4) is 0 Å². The zero-order valence-electron chi connectivity index (χ0n) is 16.8. The minimum Gasteiger partial charge on any atom is -0.460 e. The van der Waals surface area contributed by atoms with Crippen molar-refractivity contribution in [3.05, 3.63) is 12.2 Å². The minimum atomic E-state index is -0.434. The summed E-state index contributed by atoms with van der Waals surface area (Å²) in [6.45, 7) is 6.92. The average Bonchev–Trinajstić information content (AvgIpc) is 2.65. The molecule has 0 rings (SSSR count). The van der Waals surface area contributed by atoms with E-state index in [2.05, 4.69) is 11.9 Å². The van der Waals surface area contributed by atoms with Crippen LogP contribution in [0.4, 0.5) is 4.79 Å². The van der Waals surface area contributed by atoms with Crippen LogP contribution in [0.3, 0.4) is 0 Å². The molecule has 0 aliphatic heterocycles. The van der Waals surface area contributed by atoms with Gasteiger partial charge in [-0.2, -0.15) is 0 Å². The van der Waals surface area contributed by atoms with Crippen molar-refractivity contribution in [1.29, 1.82) is 0 Å². The van der Waals surface area contributed by atoms with Crippen LogP contribution in [-0.4, -0.2) is 56.7 Å². The van der Waals surface area contributed by atoms with Crippen molar-refractivity contribution in [2.45, 2.75) is 64.7 Å². The summed E-state index contributed by atoms with van der Waals surface area (Å²) in [4.78, 5) is 22.6. The van der Waals surface area contributed by atoms with Gasteiger partial charge in [0.1, 0.15) is 6.61 Å². The number of ether oxygens (including phenoxy) is 3. The summed E-state index contributed by atoms with van der Waals surface area (Å²) in [5, 5.41) is 11.3. The molecule has 2 N–H and O–H groups in total. The van der Waals surface area contributed by atoms with E-state index in [1.807, 2.05) is 0 Å². The second-order valence-corrected chi connectivity index (χ2v) is 6.50. The Kier molecular flexibility index (Phi) is 18.0. The standard InChI is InChI=1S/C20H37NO6/c1-18(2)19(23)26-17-16-25-15-12-21-20(24)27-14-11-9-7-5-3-4-6-8-10-13-22/h22H,1,3-17H2,2H3,(H,21,24). The van der Waals surface area contributed by atoms with Crippen LogP contribution in [0.5, 0.6) is 0 Å². The Morgan fingerprint density at radius 3 is 2.00 bits per heavy atom. The molecule has 1 amide bonds. The Labute approximate surface area is 163 Å². The highest BCUT2D eigenvalue weighted by molar-refractivity contribution is 5.86. The van der Waals surface area contributed by atoms with Crippen molar-refractivity contribution in [3.63, 3.8) is 0 Å². The molecule has 0 spiro atoms. The summed E-state index contributed by atoms with van der Waals surface area (Å²) in [6.07, 6.45) is 9.58. The number of hydrogen-bond acceptors (Lipinski definition) is 6. The van der Waals surface area contributed by atoms with Crippen molar-refractivity contribution >= 4 is 12.1 Å². The van der Waals surface area contributed by atoms with Gasteiger partial charge in [-0.1, -0.05) is 51.5 Å². The number of nitrogens with one attached hydrogen (secondary N) is 1. The maximum atomic E-state index is 11.5. The fourth-order valence-corrected chi connectivity index (χ4v) is 2.31. The molecule has 0 unspecified atom stereocenters. The van der Waals surface area contributed by atoms with Gasteiger partial charge in [0.05, 0.1) is 19.8 Å². The van der Waals surface area contributed by atoms with E-state index in [1.165, 1.54) is 25.7 Å². The summed E-state index contributed by atoms with van der Waals surface area (Å²) in [5.74, 6) is -0.432. The lowest BCUT2D eigenvalue weighted by Gasteiger charge is -2.08. The van der Waals surface area contributed by atoms with E-state index in [4.69, 9.17) is 19.3 Å². The van der Waals surface area contributed by atoms with Crippen LogP contribution < -0.4 is 5.32 Å². The van der Waals surface area contributed by atoms with Gasteiger partial charge in [0.15, 0.2) is 0 Å².